The molecule has 0 aliphatic carbocycles. The quantitative estimate of drug-likeness (QED) is 0.476. The summed E-state index contributed by atoms with van der Waals surface area (Å²) in [7, 11) is 3.32. The molecule has 7 heteroatoms. The van der Waals surface area contributed by atoms with Gasteiger partial charge in [-0.1, -0.05) is 19.1 Å². The fourth-order valence-corrected chi connectivity index (χ4v) is 3.22. The molecule has 2 aromatic rings. The predicted octanol–water partition coefficient (Wildman–Crippen LogP) is 2.70. The smallest absolute Gasteiger partial charge is 0.305 e. The molecular weight excluding hydrogens is 384 g/mol. The van der Waals surface area contributed by atoms with E-state index in [9.17, 15) is 9.90 Å². The van der Waals surface area contributed by atoms with Gasteiger partial charge in [-0.2, -0.15) is 0 Å². The van der Waals surface area contributed by atoms with E-state index in [1.54, 1.807) is 14.2 Å². The maximum Gasteiger partial charge on any atom is 0.305 e. The van der Waals surface area contributed by atoms with Crippen molar-refractivity contribution < 1.29 is 24.1 Å². The first kappa shape index (κ1) is 23.9. The second-order valence-corrected chi connectivity index (χ2v) is 7.29. The minimum atomic E-state index is -0.746. The SMILES string of the molecule is CCCC(=O)OC[C@@H](O)CN(CCOC)Cc1cccn1Cc1cccc(OC)c1. The second-order valence-electron chi connectivity index (χ2n) is 7.29. The summed E-state index contributed by atoms with van der Waals surface area (Å²) in [4.78, 5) is 13.7. The number of carbonyl (C=O) groups is 1. The van der Waals surface area contributed by atoms with Crippen LogP contribution in [0.3, 0.4) is 0 Å². The van der Waals surface area contributed by atoms with E-state index in [1.165, 1.54) is 0 Å². The second kappa shape index (κ2) is 13.1. The largest absolute Gasteiger partial charge is 0.497 e. The number of aliphatic hydroxyl groups is 1. The van der Waals surface area contributed by atoms with Crippen LogP contribution in [0, 0.1) is 0 Å². The highest BCUT2D eigenvalue weighted by molar-refractivity contribution is 5.69. The number of methoxy groups -OCH3 is 2. The maximum atomic E-state index is 11.5. The molecule has 0 spiro atoms. The summed E-state index contributed by atoms with van der Waals surface area (Å²) < 4.78 is 17.9. The number of aliphatic hydroxyl groups excluding tert-OH is 1. The van der Waals surface area contributed by atoms with Gasteiger partial charge >= 0.3 is 5.97 Å². The molecule has 1 atom stereocenters. The summed E-state index contributed by atoms with van der Waals surface area (Å²) in [5.41, 5.74) is 2.28. The van der Waals surface area contributed by atoms with Gasteiger partial charge in [0.25, 0.3) is 0 Å². The number of carbonyl (C=O) groups excluding carboxylic acids is 1. The van der Waals surface area contributed by atoms with Crippen LogP contribution in [0.15, 0.2) is 42.6 Å². The zero-order chi connectivity index (χ0) is 21.8. The lowest BCUT2D eigenvalue weighted by Crippen LogP contribution is -2.37. The minimum absolute atomic E-state index is 0.00708. The van der Waals surface area contributed by atoms with E-state index in [1.807, 2.05) is 37.4 Å². The standard InChI is InChI=1S/C23H34N2O5/c1-4-7-23(27)30-18-21(26)17-24(12-13-28-2)16-20-9-6-11-25(20)15-19-8-5-10-22(14-19)29-3/h5-6,8-11,14,21,26H,4,7,12-13,15-18H2,1-3H3/t21-/m0/s1. The van der Waals surface area contributed by atoms with Crippen LogP contribution in [0.2, 0.25) is 0 Å². The molecule has 1 aromatic heterocycles. The van der Waals surface area contributed by atoms with E-state index in [-0.39, 0.29) is 12.6 Å². The molecule has 0 radical (unpaired) electrons. The van der Waals surface area contributed by atoms with Gasteiger partial charge in [0.1, 0.15) is 18.5 Å². The maximum absolute atomic E-state index is 11.5. The van der Waals surface area contributed by atoms with Crippen molar-refractivity contribution in [1.29, 1.82) is 0 Å². The third kappa shape index (κ3) is 8.18. The van der Waals surface area contributed by atoms with E-state index < -0.39 is 6.10 Å². The van der Waals surface area contributed by atoms with Crippen LogP contribution in [-0.2, 0) is 27.4 Å². The van der Waals surface area contributed by atoms with Gasteiger partial charge in [-0.05, 0) is 36.2 Å². The molecule has 0 fully saturated rings. The van der Waals surface area contributed by atoms with Crippen LogP contribution in [0.25, 0.3) is 0 Å². The Morgan fingerprint density at radius 2 is 2.07 bits per heavy atom. The Hall–Kier alpha value is -2.35. The Labute approximate surface area is 179 Å². The lowest BCUT2D eigenvalue weighted by Gasteiger charge is -2.25. The fourth-order valence-electron chi connectivity index (χ4n) is 3.22. The molecule has 166 valence electrons. The summed E-state index contributed by atoms with van der Waals surface area (Å²) in [5, 5.41) is 10.3. The van der Waals surface area contributed by atoms with Gasteiger partial charge in [-0.25, -0.2) is 0 Å². The number of esters is 1. The fraction of sp³-hybridized carbons (Fsp3) is 0.522. The Balaban J connectivity index is 1.98. The zero-order valence-electron chi connectivity index (χ0n) is 18.3. The van der Waals surface area contributed by atoms with Gasteiger partial charge in [0.2, 0.25) is 0 Å². The molecule has 0 unspecified atom stereocenters. The lowest BCUT2D eigenvalue weighted by molar-refractivity contribution is -0.147. The first-order valence-electron chi connectivity index (χ1n) is 10.4. The van der Waals surface area contributed by atoms with Crippen molar-refractivity contribution in [3.63, 3.8) is 0 Å². The molecular formula is C23H34N2O5. The summed E-state index contributed by atoms with van der Waals surface area (Å²) >= 11 is 0. The monoisotopic (exact) mass is 418 g/mol. The molecule has 2 rings (SSSR count). The molecule has 30 heavy (non-hydrogen) atoms. The van der Waals surface area contributed by atoms with Gasteiger partial charge in [-0.15, -0.1) is 0 Å². The molecule has 0 saturated carbocycles. The number of rotatable bonds is 14. The highest BCUT2D eigenvalue weighted by atomic mass is 16.5. The van der Waals surface area contributed by atoms with Crippen molar-refractivity contribution in [2.75, 3.05) is 40.5 Å². The van der Waals surface area contributed by atoms with Crippen molar-refractivity contribution in [2.24, 2.45) is 0 Å². The Morgan fingerprint density at radius 1 is 1.23 bits per heavy atom. The van der Waals surface area contributed by atoms with Gasteiger partial charge in [0.05, 0.1) is 13.7 Å². The van der Waals surface area contributed by atoms with Crippen LogP contribution in [0.5, 0.6) is 5.75 Å². The molecule has 0 amide bonds. The van der Waals surface area contributed by atoms with Crippen molar-refractivity contribution in [3.05, 3.63) is 53.9 Å². The number of hydrogen-bond acceptors (Lipinski definition) is 6. The highest BCUT2D eigenvalue weighted by Crippen LogP contribution is 2.16. The summed E-state index contributed by atoms with van der Waals surface area (Å²) in [5.74, 6) is 0.566. The van der Waals surface area contributed by atoms with Gasteiger partial charge in [-0.3, -0.25) is 9.69 Å². The summed E-state index contributed by atoms with van der Waals surface area (Å²) in [6.07, 6.45) is 2.41. The van der Waals surface area contributed by atoms with Crippen LogP contribution >= 0.6 is 0 Å². The number of benzene rings is 1. The van der Waals surface area contributed by atoms with Crippen LogP contribution < -0.4 is 4.74 Å². The lowest BCUT2D eigenvalue weighted by atomic mass is 10.2. The molecule has 0 bridgehead atoms. The summed E-state index contributed by atoms with van der Waals surface area (Å²) in [6.45, 7) is 4.93. The highest BCUT2D eigenvalue weighted by Gasteiger charge is 2.16. The van der Waals surface area contributed by atoms with E-state index in [2.05, 4.69) is 21.6 Å². The van der Waals surface area contributed by atoms with Crippen LogP contribution in [0.4, 0.5) is 0 Å². The van der Waals surface area contributed by atoms with E-state index in [0.717, 1.165) is 30.0 Å². The molecule has 7 nitrogen and oxygen atoms in total. The Kier molecular flexibility index (Phi) is 10.4. The van der Waals surface area contributed by atoms with Crippen LogP contribution in [-0.4, -0.2) is 67.2 Å². The third-order valence-corrected chi connectivity index (χ3v) is 4.77. The van der Waals surface area contributed by atoms with Gasteiger partial charge in [0, 0.05) is 51.6 Å². The topological polar surface area (TPSA) is 73.2 Å². The first-order chi connectivity index (χ1) is 14.5. The Bertz CT molecular complexity index is 762. The molecule has 1 N–H and O–H groups in total. The van der Waals surface area contributed by atoms with Crippen LogP contribution in [0.1, 0.15) is 31.0 Å². The third-order valence-electron chi connectivity index (χ3n) is 4.77. The van der Waals surface area contributed by atoms with Crippen molar-refractivity contribution >= 4 is 5.97 Å². The number of ether oxygens (including phenoxy) is 3. The number of aromatic nitrogens is 1. The molecule has 1 heterocycles. The summed E-state index contributed by atoms with van der Waals surface area (Å²) in [6, 6.07) is 12.1. The predicted molar refractivity (Wildman–Crippen MR) is 116 cm³/mol. The normalized spacial score (nSPS) is 12.2. The van der Waals surface area contributed by atoms with Gasteiger partial charge < -0.3 is 23.9 Å². The molecule has 0 aliphatic heterocycles. The Morgan fingerprint density at radius 3 is 2.80 bits per heavy atom. The average molecular weight is 419 g/mol. The molecule has 0 aliphatic rings. The van der Waals surface area contributed by atoms with Crippen molar-refractivity contribution in [1.82, 2.24) is 9.47 Å². The van der Waals surface area contributed by atoms with E-state index in [4.69, 9.17) is 14.2 Å². The molecule has 1 aromatic carbocycles. The van der Waals surface area contributed by atoms with E-state index >= 15 is 0 Å². The van der Waals surface area contributed by atoms with E-state index in [0.29, 0.717) is 32.7 Å². The van der Waals surface area contributed by atoms with Crippen molar-refractivity contribution in [2.45, 2.75) is 39.0 Å². The number of nitrogens with zero attached hydrogens (tertiary/aromatic N) is 2. The number of hydrogen-bond donors (Lipinski definition) is 1. The average Bonchev–Trinajstić information content (AvgIpc) is 3.17. The molecule has 0 saturated heterocycles. The first-order valence-corrected chi connectivity index (χ1v) is 10.4. The van der Waals surface area contributed by atoms with Gasteiger partial charge in [0.15, 0.2) is 0 Å². The van der Waals surface area contributed by atoms with Crippen molar-refractivity contribution in [3.8, 4) is 5.75 Å². The minimum Gasteiger partial charge on any atom is -0.497 e. The zero-order valence-corrected chi connectivity index (χ0v) is 18.3.